The van der Waals surface area contributed by atoms with Gasteiger partial charge in [0.25, 0.3) is 5.91 Å². The number of benzene rings is 1. The van der Waals surface area contributed by atoms with Crippen molar-refractivity contribution in [2.24, 2.45) is 5.92 Å². The molecular weight excluding hydrogens is 390 g/mol. The van der Waals surface area contributed by atoms with Gasteiger partial charge in [0.05, 0.1) is 5.92 Å². The summed E-state index contributed by atoms with van der Waals surface area (Å²) >= 11 is 0. The third-order valence-electron chi connectivity index (χ3n) is 5.89. The maximum atomic E-state index is 13.1. The number of aromatic nitrogens is 1. The summed E-state index contributed by atoms with van der Waals surface area (Å²) in [4.78, 5) is 31.8. The summed E-state index contributed by atoms with van der Waals surface area (Å²) in [5, 5.41) is 2.91. The minimum Gasteiger partial charge on any atom is -0.481 e. The molecule has 6 heteroatoms. The Kier molecular flexibility index (Phi) is 7.31. The van der Waals surface area contributed by atoms with Crippen molar-refractivity contribution < 1.29 is 14.3 Å². The van der Waals surface area contributed by atoms with Crippen molar-refractivity contribution in [3.8, 4) is 5.75 Å². The Bertz CT molecular complexity index is 941. The largest absolute Gasteiger partial charge is 0.481 e. The Balaban J connectivity index is 1.63. The summed E-state index contributed by atoms with van der Waals surface area (Å²) in [6.45, 7) is 11.0. The van der Waals surface area contributed by atoms with Gasteiger partial charge in [-0.25, -0.2) is 4.98 Å². The number of nitrogens with one attached hydrogen (secondary N) is 1. The number of nitrogens with zero attached hydrogens (tertiary/aromatic N) is 2. The molecule has 1 N–H and O–H groups in total. The lowest BCUT2D eigenvalue weighted by Crippen LogP contribution is -2.48. The monoisotopic (exact) mass is 423 g/mol. The topological polar surface area (TPSA) is 71.5 Å². The first-order chi connectivity index (χ1) is 14.8. The highest BCUT2D eigenvalue weighted by Crippen LogP contribution is 2.26. The van der Waals surface area contributed by atoms with E-state index in [1.165, 1.54) is 5.56 Å². The minimum absolute atomic E-state index is 0.0825. The molecule has 1 aliphatic heterocycles. The van der Waals surface area contributed by atoms with Gasteiger partial charge in [-0.15, -0.1) is 0 Å². The molecule has 2 heterocycles. The zero-order valence-corrected chi connectivity index (χ0v) is 19.1. The summed E-state index contributed by atoms with van der Waals surface area (Å²) in [7, 11) is 0. The number of hydrogen-bond donors (Lipinski definition) is 1. The molecule has 2 atom stereocenters. The van der Waals surface area contributed by atoms with Crippen LogP contribution in [0.15, 0.2) is 36.5 Å². The number of rotatable bonds is 6. The first kappa shape index (κ1) is 22.8. The Morgan fingerprint density at radius 2 is 1.94 bits per heavy atom. The van der Waals surface area contributed by atoms with Gasteiger partial charge >= 0.3 is 0 Å². The van der Waals surface area contributed by atoms with Gasteiger partial charge < -0.3 is 15.0 Å². The Morgan fingerprint density at radius 3 is 2.65 bits per heavy atom. The summed E-state index contributed by atoms with van der Waals surface area (Å²) in [6.07, 6.45) is 2.60. The molecule has 166 valence electrons. The zero-order valence-electron chi connectivity index (χ0n) is 19.1. The lowest BCUT2D eigenvalue weighted by Gasteiger charge is -2.33. The van der Waals surface area contributed by atoms with Gasteiger partial charge in [-0.1, -0.05) is 32.0 Å². The molecule has 0 aliphatic carbocycles. The smallest absolute Gasteiger partial charge is 0.263 e. The van der Waals surface area contributed by atoms with Crippen LogP contribution in [0.4, 0.5) is 5.82 Å². The Morgan fingerprint density at radius 1 is 1.16 bits per heavy atom. The van der Waals surface area contributed by atoms with E-state index in [-0.39, 0.29) is 17.7 Å². The molecule has 2 unspecified atom stereocenters. The summed E-state index contributed by atoms with van der Waals surface area (Å²) in [5.74, 6) is 1.28. The SMILES string of the molecule is Cc1ccc(C(C)C)cc1OC(C)C(=O)N1CCCC(C(=O)Nc2ncccc2C)C1. The van der Waals surface area contributed by atoms with Crippen LogP contribution in [0.5, 0.6) is 5.75 Å². The highest BCUT2D eigenvalue weighted by molar-refractivity contribution is 5.93. The number of carbonyl (C=O) groups is 2. The van der Waals surface area contributed by atoms with Crippen LogP contribution < -0.4 is 10.1 Å². The third kappa shape index (κ3) is 5.63. The molecule has 0 saturated carbocycles. The van der Waals surface area contributed by atoms with E-state index >= 15 is 0 Å². The van der Waals surface area contributed by atoms with Crippen molar-refractivity contribution in [1.82, 2.24) is 9.88 Å². The van der Waals surface area contributed by atoms with Gasteiger partial charge in [0, 0.05) is 19.3 Å². The molecular formula is C25H33N3O3. The van der Waals surface area contributed by atoms with E-state index in [1.54, 1.807) is 18.0 Å². The molecule has 1 aromatic carbocycles. The number of amides is 2. The second-order valence-corrected chi connectivity index (χ2v) is 8.72. The molecule has 0 radical (unpaired) electrons. The molecule has 1 fully saturated rings. The fraction of sp³-hybridized carbons (Fsp3) is 0.480. The molecule has 1 aromatic heterocycles. The molecule has 1 saturated heterocycles. The number of carbonyl (C=O) groups excluding carboxylic acids is 2. The van der Waals surface area contributed by atoms with Gasteiger partial charge in [0.2, 0.25) is 5.91 Å². The van der Waals surface area contributed by atoms with Crippen molar-refractivity contribution >= 4 is 17.6 Å². The second-order valence-electron chi connectivity index (χ2n) is 8.72. The molecule has 6 nitrogen and oxygen atoms in total. The fourth-order valence-corrected chi connectivity index (χ4v) is 3.83. The normalized spacial score (nSPS) is 17.4. The highest BCUT2D eigenvalue weighted by Gasteiger charge is 2.31. The highest BCUT2D eigenvalue weighted by atomic mass is 16.5. The molecule has 1 aliphatic rings. The van der Waals surface area contributed by atoms with Crippen molar-refractivity contribution in [2.75, 3.05) is 18.4 Å². The first-order valence-corrected chi connectivity index (χ1v) is 11.0. The standard InChI is InChI=1S/C25H33N3O3/c1-16(2)20-11-10-17(3)22(14-20)31-19(5)25(30)28-13-7-9-21(15-28)24(29)27-23-18(4)8-6-12-26-23/h6,8,10-12,14,16,19,21H,7,9,13,15H2,1-5H3,(H,26,27,29). The summed E-state index contributed by atoms with van der Waals surface area (Å²) in [6, 6.07) is 9.89. The average molecular weight is 424 g/mol. The number of aryl methyl sites for hydroxylation is 2. The summed E-state index contributed by atoms with van der Waals surface area (Å²) in [5.41, 5.74) is 3.10. The maximum absolute atomic E-state index is 13.1. The van der Waals surface area contributed by atoms with E-state index in [9.17, 15) is 9.59 Å². The van der Waals surface area contributed by atoms with Gasteiger partial charge in [0.15, 0.2) is 6.10 Å². The van der Waals surface area contributed by atoms with E-state index in [2.05, 4.69) is 30.2 Å². The van der Waals surface area contributed by atoms with Crippen LogP contribution in [0.3, 0.4) is 0 Å². The quantitative estimate of drug-likeness (QED) is 0.744. The van der Waals surface area contributed by atoms with Crippen molar-refractivity contribution in [3.05, 3.63) is 53.2 Å². The molecule has 2 amide bonds. The van der Waals surface area contributed by atoms with Crippen LogP contribution in [0.1, 0.15) is 56.2 Å². The van der Waals surface area contributed by atoms with Crippen LogP contribution in [0.25, 0.3) is 0 Å². The van der Waals surface area contributed by atoms with Crippen LogP contribution >= 0.6 is 0 Å². The number of piperidine rings is 1. The molecule has 3 rings (SSSR count). The molecule has 2 aromatic rings. The van der Waals surface area contributed by atoms with E-state index in [0.29, 0.717) is 24.8 Å². The zero-order chi connectivity index (χ0) is 22.5. The van der Waals surface area contributed by atoms with Crippen LogP contribution in [-0.4, -0.2) is 40.9 Å². The van der Waals surface area contributed by atoms with Crippen molar-refractivity contribution in [2.45, 2.75) is 59.5 Å². The van der Waals surface area contributed by atoms with E-state index < -0.39 is 6.10 Å². The summed E-state index contributed by atoms with van der Waals surface area (Å²) < 4.78 is 6.06. The molecule has 31 heavy (non-hydrogen) atoms. The number of anilines is 1. The number of likely N-dealkylation sites (tertiary alicyclic amines) is 1. The fourth-order valence-electron chi connectivity index (χ4n) is 3.83. The molecule has 0 bridgehead atoms. The lowest BCUT2D eigenvalue weighted by molar-refractivity contribution is -0.140. The van der Waals surface area contributed by atoms with Crippen LogP contribution in [-0.2, 0) is 9.59 Å². The predicted octanol–water partition coefficient (Wildman–Crippen LogP) is 4.47. The predicted molar refractivity (Wildman–Crippen MR) is 122 cm³/mol. The van der Waals surface area contributed by atoms with Crippen LogP contribution in [0, 0.1) is 19.8 Å². The van der Waals surface area contributed by atoms with E-state index in [1.807, 2.05) is 38.1 Å². The Hall–Kier alpha value is -2.89. The van der Waals surface area contributed by atoms with Gasteiger partial charge in [-0.2, -0.15) is 0 Å². The van der Waals surface area contributed by atoms with E-state index in [0.717, 1.165) is 29.7 Å². The second kappa shape index (κ2) is 9.94. The lowest BCUT2D eigenvalue weighted by atomic mass is 9.96. The third-order valence-corrected chi connectivity index (χ3v) is 5.89. The maximum Gasteiger partial charge on any atom is 0.263 e. The molecule has 0 spiro atoms. The van der Waals surface area contributed by atoms with Gasteiger partial charge in [-0.3, -0.25) is 9.59 Å². The first-order valence-electron chi connectivity index (χ1n) is 11.0. The van der Waals surface area contributed by atoms with E-state index in [4.69, 9.17) is 4.74 Å². The number of hydrogen-bond acceptors (Lipinski definition) is 4. The minimum atomic E-state index is -0.610. The average Bonchev–Trinajstić information content (AvgIpc) is 2.76. The van der Waals surface area contributed by atoms with Gasteiger partial charge in [0.1, 0.15) is 11.6 Å². The van der Waals surface area contributed by atoms with Crippen molar-refractivity contribution in [1.29, 1.82) is 0 Å². The van der Waals surface area contributed by atoms with Gasteiger partial charge in [-0.05, 0) is 68.4 Å². The van der Waals surface area contributed by atoms with Crippen molar-refractivity contribution in [3.63, 3.8) is 0 Å². The Labute approximate surface area is 185 Å². The van der Waals surface area contributed by atoms with Crippen LogP contribution in [0.2, 0.25) is 0 Å². The number of ether oxygens (including phenoxy) is 1. The number of pyridine rings is 1.